The van der Waals surface area contributed by atoms with Crippen LogP contribution >= 0.6 is 11.8 Å². The van der Waals surface area contributed by atoms with Crippen molar-refractivity contribution in [1.82, 2.24) is 0 Å². The SMILES string of the molecule is CSCCC(CO)C[Si](C)(C)C. The van der Waals surface area contributed by atoms with E-state index in [1.165, 1.54) is 18.2 Å². The van der Waals surface area contributed by atoms with Gasteiger partial charge in [0.1, 0.15) is 0 Å². The molecule has 1 atom stereocenters. The average molecular weight is 206 g/mol. The number of hydrogen-bond acceptors (Lipinski definition) is 2. The fraction of sp³-hybridized carbons (Fsp3) is 1.00. The highest BCUT2D eigenvalue weighted by Gasteiger charge is 2.19. The molecule has 1 unspecified atom stereocenters. The molecule has 0 rings (SSSR count). The van der Waals surface area contributed by atoms with Gasteiger partial charge in [0.05, 0.1) is 0 Å². The normalized spacial score (nSPS) is 14.8. The fourth-order valence-corrected chi connectivity index (χ4v) is 4.04. The van der Waals surface area contributed by atoms with Gasteiger partial charge in [0.2, 0.25) is 0 Å². The molecule has 0 radical (unpaired) electrons. The molecule has 0 amide bonds. The lowest BCUT2D eigenvalue weighted by atomic mass is 10.1. The number of rotatable bonds is 6. The molecule has 0 fully saturated rings. The van der Waals surface area contributed by atoms with Crippen LogP contribution in [0.4, 0.5) is 0 Å². The van der Waals surface area contributed by atoms with E-state index in [9.17, 15) is 0 Å². The van der Waals surface area contributed by atoms with E-state index in [-0.39, 0.29) is 0 Å². The minimum Gasteiger partial charge on any atom is -0.396 e. The molecule has 12 heavy (non-hydrogen) atoms. The van der Waals surface area contributed by atoms with Gasteiger partial charge in [-0.15, -0.1) is 0 Å². The van der Waals surface area contributed by atoms with Crippen LogP contribution in [0.5, 0.6) is 0 Å². The summed E-state index contributed by atoms with van der Waals surface area (Å²) in [6.45, 7) is 7.49. The van der Waals surface area contributed by atoms with Crippen molar-refractivity contribution in [2.45, 2.75) is 32.1 Å². The summed E-state index contributed by atoms with van der Waals surface area (Å²) in [5.41, 5.74) is 0. The maximum Gasteiger partial charge on any atom is 0.0456 e. The molecule has 0 aliphatic heterocycles. The molecular weight excluding hydrogens is 184 g/mol. The topological polar surface area (TPSA) is 20.2 Å². The van der Waals surface area contributed by atoms with Crippen LogP contribution < -0.4 is 0 Å². The van der Waals surface area contributed by atoms with Gasteiger partial charge in [-0.25, -0.2) is 0 Å². The van der Waals surface area contributed by atoms with Crippen LogP contribution in [0, 0.1) is 5.92 Å². The van der Waals surface area contributed by atoms with E-state index in [0.717, 1.165) is 0 Å². The van der Waals surface area contributed by atoms with E-state index >= 15 is 0 Å². The Balaban J connectivity index is 3.67. The highest BCUT2D eigenvalue weighted by atomic mass is 32.2. The number of aliphatic hydroxyl groups is 1. The number of thioether (sulfide) groups is 1. The Morgan fingerprint density at radius 3 is 2.25 bits per heavy atom. The van der Waals surface area contributed by atoms with Crippen LogP contribution in [0.25, 0.3) is 0 Å². The Bertz CT molecular complexity index is 112. The van der Waals surface area contributed by atoms with Crippen LogP contribution in [0.15, 0.2) is 0 Å². The first kappa shape index (κ1) is 12.5. The molecule has 0 heterocycles. The third-order valence-corrected chi connectivity index (χ3v) is 4.34. The van der Waals surface area contributed by atoms with Gasteiger partial charge in [0.15, 0.2) is 0 Å². The van der Waals surface area contributed by atoms with E-state index in [4.69, 9.17) is 5.11 Å². The Morgan fingerprint density at radius 2 is 1.92 bits per heavy atom. The predicted molar refractivity (Wildman–Crippen MR) is 61.7 cm³/mol. The summed E-state index contributed by atoms with van der Waals surface area (Å²) in [5, 5.41) is 9.13. The quantitative estimate of drug-likeness (QED) is 0.674. The van der Waals surface area contributed by atoms with Crippen LogP contribution in [0.1, 0.15) is 6.42 Å². The number of aliphatic hydroxyl groups excluding tert-OH is 1. The molecule has 1 nitrogen and oxygen atoms in total. The first-order valence-corrected chi connectivity index (χ1v) is 9.69. The van der Waals surface area contributed by atoms with Crippen molar-refractivity contribution in [3.05, 3.63) is 0 Å². The summed E-state index contributed by atoms with van der Waals surface area (Å²) < 4.78 is 0. The standard InChI is InChI=1S/C9H22OSSi/c1-11-6-5-9(7-10)8-12(2,3)4/h9-10H,5-8H2,1-4H3. The third kappa shape index (κ3) is 7.19. The lowest BCUT2D eigenvalue weighted by Crippen LogP contribution is -2.25. The van der Waals surface area contributed by atoms with Crippen molar-refractivity contribution in [3.63, 3.8) is 0 Å². The molecule has 0 aromatic heterocycles. The smallest absolute Gasteiger partial charge is 0.0456 e. The van der Waals surface area contributed by atoms with Gasteiger partial charge < -0.3 is 5.11 Å². The van der Waals surface area contributed by atoms with Crippen molar-refractivity contribution in [3.8, 4) is 0 Å². The molecule has 0 aliphatic rings. The number of hydrogen-bond donors (Lipinski definition) is 1. The highest BCUT2D eigenvalue weighted by Crippen LogP contribution is 2.20. The van der Waals surface area contributed by atoms with Crippen LogP contribution in [-0.2, 0) is 0 Å². The molecule has 1 N–H and O–H groups in total. The van der Waals surface area contributed by atoms with Gasteiger partial charge in [-0.05, 0) is 24.3 Å². The largest absolute Gasteiger partial charge is 0.396 e. The van der Waals surface area contributed by atoms with Gasteiger partial charge >= 0.3 is 0 Å². The van der Waals surface area contributed by atoms with E-state index in [1.807, 2.05) is 11.8 Å². The summed E-state index contributed by atoms with van der Waals surface area (Å²) in [4.78, 5) is 0. The van der Waals surface area contributed by atoms with Crippen LogP contribution in [0.3, 0.4) is 0 Å². The van der Waals surface area contributed by atoms with Crippen LogP contribution in [-0.4, -0.2) is 31.8 Å². The molecular formula is C9H22OSSi. The summed E-state index contributed by atoms with van der Waals surface area (Å²) in [7, 11) is -0.961. The molecule has 0 saturated carbocycles. The zero-order valence-corrected chi connectivity index (χ0v) is 10.6. The van der Waals surface area contributed by atoms with E-state index in [0.29, 0.717) is 12.5 Å². The minimum absolute atomic E-state index is 0.380. The molecule has 0 saturated heterocycles. The third-order valence-electron chi connectivity index (χ3n) is 1.89. The second kappa shape index (κ2) is 6.05. The minimum atomic E-state index is -0.961. The van der Waals surface area contributed by atoms with Gasteiger partial charge in [0.25, 0.3) is 0 Å². The fourth-order valence-electron chi connectivity index (χ4n) is 1.41. The Morgan fingerprint density at radius 1 is 1.33 bits per heavy atom. The lowest BCUT2D eigenvalue weighted by molar-refractivity contribution is 0.234. The van der Waals surface area contributed by atoms with Crippen molar-refractivity contribution < 1.29 is 5.11 Å². The first-order chi connectivity index (χ1) is 5.49. The average Bonchev–Trinajstić information content (AvgIpc) is 1.95. The van der Waals surface area contributed by atoms with Crippen molar-refractivity contribution >= 4 is 19.8 Å². The van der Waals surface area contributed by atoms with Gasteiger partial charge in [-0.1, -0.05) is 25.7 Å². The Labute approximate surface area is 82.0 Å². The molecule has 0 aromatic carbocycles. The molecule has 0 aliphatic carbocycles. The van der Waals surface area contributed by atoms with Crippen molar-refractivity contribution in [2.24, 2.45) is 5.92 Å². The van der Waals surface area contributed by atoms with Gasteiger partial charge in [-0.3, -0.25) is 0 Å². The highest BCUT2D eigenvalue weighted by molar-refractivity contribution is 7.98. The van der Waals surface area contributed by atoms with E-state index < -0.39 is 8.07 Å². The van der Waals surface area contributed by atoms with Crippen LogP contribution in [0.2, 0.25) is 25.7 Å². The second-order valence-corrected chi connectivity index (χ2v) is 11.1. The van der Waals surface area contributed by atoms with Crippen molar-refractivity contribution in [1.29, 1.82) is 0 Å². The second-order valence-electron chi connectivity index (χ2n) is 4.59. The Kier molecular flexibility index (Phi) is 6.32. The Hall–Kier alpha value is 0.527. The molecule has 3 heteroatoms. The molecule has 74 valence electrons. The first-order valence-electron chi connectivity index (χ1n) is 4.59. The maximum absolute atomic E-state index is 9.13. The molecule has 0 spiro atoms. The lowest BCUT2D eigenvalue weighted by Gasteiger charge is -2.22. The molecule has 0 aromatic rings. The summed E-state index contributed by atoms with van der Waals surface area (Å²) in [5.74, 6) is 1.75. The van der Waals surface area contributed by atoms with Gasteiger partial charge in [0, 0.05) is 14.7 Å². The van der Waals surface area contributed by atoms with Crippen molar-refractivity contribution in [2.75, 3.05) is 18.6 Å². The predicted octanol–water partition coefficient (Wildman–Crippen LogP) is 2.69. The zero-order valence-electron chi connectivity index (χ0n) is 8.76. The van der Waals surface area contributed by atoms with Gasteiger partial charge in [-0.2, -0.15) is 11.8 Å². The zero-order chi connectivity index (χ0) is 9.61. The monoisotopic (exact) mass is 206 g/mol. The molecule has 0 bridgehead atoms. The maximum atomic E-state index is 9.13. The van der Waals surface area contributed by atoms with E-state index in [1.54, 1.807) is 0 Å². The summed E-state index contributed by atoms with van der Waals surface area (Å²) in [6.07, 6.45) is 3.31. The summed E-state index contributed by atoms with van der Waals surface area (Å²) >= 11 is 1.88. The summed E-state index contributed by atoms with van der Waals surface area (Å²) in [6, 6.07) is 1.27. The van der Waals surface area contributed by atoms with E-state index in [2.05, 4.69) is 25.9 Å².